The average Bonchev–Trinajstić information content (AvgIpc) is 4.27. The number of benzene rings is 4. The minimum absolute atomic E-state index is 0.524. The zero-order chi connectivity index (χ0) is 48.5. The Kier molecular flexibility index (Phi) is 11.1. The second-order valence-electron chi connectivity index (χ2n) is 19.8. The molecule has 9 heterocycles. The number of unbranched alkanes of at least 4 members (excludes halogenated alkanes) is 8. The van der Waals surface area contributed by atoms with Crippen molar-refractivity contribution in [1.82, 2.24) is 79.7 Å². The van der Waals surface area contributed by atoms with Gasteiger partial charge in [-0.15, -0.1) is 0 Å². The van der Waals surface area contributed by atoms with Crippen LogP contribution in [0.15, 0.2) is 48.5 Å². The molecule has 0 atom stereocenters. The molecule has 8 bridgehead atoms. The third-order valence-corrected chi connectivity index (χ3v) is 14.5. The quantitative estimate of drug-likeness (QED) is 0.0503. The predicted octanol–water partition coefficient (Wildman–Crippen LogP) is 13.3. The highest BCUT2D eigenvalue weighted by Gasteiger charge is 2.26. The zero-order valence-corrected chi connectivity index (χ0v) is 41.4. The molecule has 0 fully saturated rings. The van der Waals surface area contributed by atoms with Crippen molar-refractivity contribution in [3.8, 4) is 45.6 Å². The summed E-state index contributed by atoms with van der Waals surface area (Å²) >= 11 is 0. The van der Waals surface area contributed by atoms with Crippen LogP contribution in [-0.2, 0) is 25.7 Å². The molecule has 0 spiro atoms. The number of nitrogens with zero attached hydrogens (tertiary/aromatic N) is 10. The molecule has 0 unspecified atom stereocenters. The Balaban J connectivity index is 1.10. The number of rotatable bonds is 16. The summed E-state index contributed by atoms with van der Waals surface area (Å²) in [4.78, 5) is 74.3. The van der Waals surface area contributed by atoms with E-state index in [2.05, 4.69) is 106 Å². The molecule has 0 saturated carbocycles. The van der Waals surface area contributed by atoms with Crippen LogP contribution in [0.4, 0.5) is 0 Å². The fourth-order valence-electron chi connectivity index (χ4n) is 10.7. The van der Waals surface area contributed by atoms with Crippen molar-refractivity contribution < 1.29 is 0 Å². The van der Waals surface area contributed by atoms with E-state index in [0.29, 0.717) is 45.9 Å². The van der Waals surface area contributed by atoms with Crippen LogP contribution in [0, 0.1) is 0 Å². The minimum Gasteiger partial charge on any atom is -0.342 e. The molecule has 2 aliphatic heterocycles. The molecular formula is C56H58N16. The number of aryl methyl sites for hydroxylation is 4. The van der Waals surface area contributed by atoms with Crippen LogP contribution in [0.25, 0.3) is 134 Å². The number of imidazole rings is 4. The lowest BCUT2D eigenvalue weighted by atomic mass is 10.1. The number of nitrogens with one attached hydrogen (secondary N) is 6. The van der Waals surface area contributed by atoms with Crippen molar-refractivity contribution in [3.05, 3.63) is 71.8 Å². The standard InChI is InChI=1S/C56H58N16/c1-5-9-13-17-45-57-37-21-29-30(22-38(37)58-45)50-65-49(29)69-51-31-23-39-41(61-46(59-39)18-14-10-6-2)25-33(31)53(66-51)71-55-35-27-43-44(64-48(63-43)20-16-12-8-4)28-36(35)56(68-55)72-54-34-26-42-40(24-32(34)52(67-54)70-50)60-47(62-42)19-15-11-7-3/h21-28H,5-20H2,1-4H3,(H,57,58)(H,59,61)(H,60,62)(H,63,64)(H2,65,66,67,68,69,70,71,72). The Morgan fingerprint density at radius 2 is 0.556 bits per heavy atom. The lowest BCUT2D eigenvalue weighted by Gasteiger charge is -1.99. The van der Waals surface area contributed by atoms with Crippen LogP contribution in [0.2, 0.25) is 0 Å². The number of fused-ring (bicyclic) bond motifs is 24. The molecule has 72 heavy (non-hydrogen) atoms. The van der Waals surface area contributed by atoms with Gasteiger partial charge in [0.15, 0.2) is 23.3 Å². The summed E-state index contributed by atoms with van der Waals surface area (Å²) in [6.07, 6.45) is 17.0. The first-order valence-corrected chi connectivity index (χ1v) is 26.3. The molecule has 362 valence electrons. The van der Waals surface area contributed by atoms with Gasteiger partial charge in [-0.3, -0.25) is 0 Å². The van der Waals surface area contributed by atoms with Crippen molar-refractivity contribution in [2.45, 2.75) is 130 Å². The smallest absolute Gasteiger partial charge is 0.164 e. The molecule has 0 aliphatic carbocycles. The Labute approximate surface area is 414 Å². The van der Waals surface area contributed by atoms with Crippen molar-refractivity contribution in [2.75, 3.05) is 0 Å². The number of aromatic nitrogens is 16. The third-order valence-electron chi connectivity index (χ3n) is 14.5. The van der Waals surface area contributed by atoms with Gasteiger partial charge in [-0.1, -0.05) is 79.1 Å². The van der Waals surface area contributed by atoms with Crippen LogP contribution in [0.1, 0.15) is 128 Å². The molecule has 0 saturated heterocycles. The van der Waals surface area contributed by atoms with E-state index >= 15 is 0 Å². The Bertz CT molecular complexity index is 3590. The number of hydrogen-bond donors (Lipinski definition) is 6. The molecule has 0 amide bonds. The van der Waals surface area contributed by atoms with Crippen LogP contribution >= 0.6 is 0 Å². The minimum atomic E-state index is 0.524. The zero-order valence-electron chi connectivity index (χ0n) is 41.4. The lowest BCUT2D eigenvalue weighted by molar-refractivity contribution is 0.700. The van der Waals surface area contributed by atoms with E-state index in [-0.39, 0.29) is 0 Å². The summed E-state index contributed by atoms with van der Waals surface area (Å²) in [5, 5.41) is 3.51. The maximum absolute atomic E-state index is 5.41. The molecule has 4 aromatic carbocycles. The van der Waals surface area contributed by atoms with Crippen molar-refractivity contribution >= 4 is 88.3 Å². The summed E-state index contributed by atoms with van der Waals surface area (Å²) in [7, 11) is 0. The highest BCUT2D eigenvalue weighted by atomic mass is 15.1. The molecule has 0 radical (unpaired) electrons. The first-order valence-electron chi connectivity index (χ1n) is 26.3. The van der Waals surface area contributed by atoms with Crippen LogP contribution < -0.4 is 0 Å². The fourth-order valence-corrected chi connectivity index (χ4v) is 10.7. The maximum atomic E-state index is 5.41. The molecule has 16 heteroatoms. The highest BCUT2D eigenvalue weighted by Crippen LogP contribution is 2.40. The average molecular weight is 955 g/mol. The van der Waals surface area contributed by atoms with Crippen LogP contribution in [0.5, 0.6) is 0 Å². The van der Waals surface area contributed by atoms with Gasteiger partial charge in [0.05, 0.1) is 44.1 Å². The predicted molar refractivity (Wildman–Crippen MR) is 288 cm³/mol. The van der Waals surface area contributed by atoms with Gasteiger partial charge < -0.3 is 29.9 Å². The Morgan fingerprint density at radius 1 is 0.278 bits per heavy atom. The van der Waals surface area contributed by atoms with Gasteiger partial charge in [-0.25, -0.2) is 49.8 Å². The number of H-pyrrole nitrogens is 6. The number of hydrogen-bond acceptors (Lipinski definition) is 10. The molecule has 11 aromatic rings. The first kappa shape index (κ1) is 44.1. The summed E-state index contributed by atoms with van der Waals surface area (Å²) in [6, 6.07) is 16.9. The van der Waals surface area contributed by atoms with Gasteiger partial charge >= 0.3 is 0 Å². The topological polar surface area (TPSA) is 224 Å². The normalized spacial score (nSPS) is 12.5. The van der Waals surface area contributed by atoms with E-state index in [1.54, 1.807) is 0 Å². The van der Waals surface area contributed by atoms with Gasteiger partial charge in [0.1, 0.15) is 45.9 Å². The van der Waals surface area contributed by atoms with E-state index in [1.807, 2.05) is 0 Å². The molecule has 13 rings (SSSR count). The summed E-state index contributed by atoms with van der Waals surface area (Å²) < 4.78 is 0. The molecule has 16 nitrogen and oxygen atoms in total. The number of aromatic amines is 6. The van der Waals surface area contributed by atoms with E-state index in [0.717, 1.165) is 214 Å². The van der Waals surface area contributed by atoms with Gasteiger partial charge in [-0.05, 0) is 74.2 Å². The molecule has 6 N–H and O–H groups in total. The van der Waals surface area contributed by atoms with Crippen molar-refractivity contribution in [2.24, 2.45) is 0 Å². The maximum Gasteiger partial charge on any atom is 0.164 e. The van der Waals surface area contributed by atoms with Gasteiger partial charge in [-0.2, -0.15) is 0 Å². The summed E-state index contributed by atoms with van der Waals surface area (Å²) in [5.41, 5.74) is 13.1. The first-order chi connectivity index (χ1) is 35.4. The van der Waals surface area contributed by atoms with Crippen molar-refractivity contribution in [3.63, 3.8) is 0 Å². The fraction of sp³-hybridized carbons (Fsp3) is 0.357. The van der Waals surface area contributed by atoms with Gasteiger partial charge in [0.2, 0.25) is 0 Å². The van der Waals surface area contributed by atoms with Gasteiger partial charge in [0.25, 0.3) is 0 Å². The molecule has 7 aromatic heterocycles. The summed E-state index contributed by atoms with van der Waals surface area (Å²) in [5.74, 6) is 5.99. The van der Waals surface area contributed by atoms with E-state index in [4.69, 9.17) is 49.8 Å². The van der Waals surface area contributed by atoms with Crippen LogP contribution in [-0.4, -0.2) is 79.7 Å². The lowest BCUT2D eigenvalue weighted by Crippen LogP contribution is -1.87. The van der Waals surface area contributed by atoms with Gasteiger partial charge in [0, 0.05) is 69.5 Å². The SMILES string of the molecule is CCCCCc1nc2cc3c(cc2[nH]1)-c1nc-3nc2[nH]c(nc3nc(nc4[nH]c(n1)c1cc5nc(CCCCC)[nH]c5cc41)-c1cc4nc(CCCCC)[nH]c4cc1-3)c1cc3nc(CCCCC)[nH]c3cc21. The largest absolute Gasteiger partial charge is 0.342 e. The second-order valence-corrected chi connectivity index (χ2v) is 19.8. The Hall–Kier alpha value is -7.88. The van der Waals surface area contributed by atoms with E-state index in [9.17, 15) is 0 Å². The summed E-state index contributed by atoms with van der Waals surface area (Å²) in [6.45, 7) is 8.89. The third kappa shape index (κ3) is 7.83. The second kappa shape index (κ2) is 18.1. The highest BCUT2D eigenvalue weighted by molar-refractivity contribution is 6.12. The van der Waals surface area contributed by atoms with Crippen LogP contribution in [0.3, 0.4) is 0 Å². The molecular weight excluding hydrogens is 897 g/mol. The van der Waals surface area contributed by atoms with Crippen molar-refractivity contribution in [1.29, 1.82) is 0 Å². The Morgan fingerprint density at radius 3 is 0.875 bits per heavy atom. The molecule has 2 aliphatic rings. The van der Waals surface area contributed by atoms with E-state index < -0.39 is 0 Å². The monoisotopic (exact) mass is 955 g/mol. The van der Waals surface area contributed by atoms with E-state index in [1.165, 1.54) is 0 Å².